The summed E-state index contributed by atoms with van der Waals surface area (Å²) in [4.78, 5) is 70.3. The Morgan fingerprint density at radius 3 is 1.11 bits per heavy atom. The van der Waals surface area contributed by atoms with E-state index in [1.165, 1.54) is 25.9 Å². The number of unbranched alkanes of at least 4 members (excludes halogenated alkanes) is 9. The van der Waals surface area contributed by atoms with Crippen LogP contribution in [0.15, 0.2) is 35.9 Å². The predicted octanol–water partition coefficient (Wildman–Crippen LogP) is 2.38. The van der Waals surface area contributed by atoms with Gasteiger partial charge in [0.1, 0.15) is 0 Å². The molecule has 0 fully saturated rings. The molecule has 0 N–H and O–H groups in total. The largest absolute Gasteiger partial charge is 0.336 e. The van der Waals surface area contributed by atoms with Crippen molar-refractivity contribution in [3.05, 3.63) is 38.0 Å². The van der Waals surface area contributed by atoms with Gasteiger partial charge >= 0.3 is 17.1 Å². The van der Waals surface area contributed by atoms with Gasteiger partial charge in [0.15, 0.2) is 0 Å². The summed E-state index contributed by atoms with van der Waals surface area (Å²) >= 11 is 0. The van der Waals surface area contributed by atoms with Crippen LogP contribution < -0.4 is 17.1 Å². The van der Waals surface area contributed by atoms with Gasteiger partial charge in [-0.25, -0.2) is 52.7 Å². The van der Waals surface area contributed by atoms with Gasteiger partial charge in [0.25, 0.3) is 0 Å². The Kier molecular flexibility index (Phi) is 16.9. The molecular weight excluding hydrogens is 464 g/mol. The fourth-order valence-corrected chi connectivity index (χ4v) is 3.87. The third-order valence-corrected chi connectivity index (χ3v) is 5.83. The van der Waals surface area contributed by atoms with Crippen LogP contribution in [0.2, 0.25) is 0 Å². The molecular formula is C25H38N6O5. The van der Waals surface area contributed by atoms with Crippen molar-refractivity contribution >= 4 is 18.0 Å². The van der Waals surface area contributed by atoms with E-state index in [0.717, 1.165) is 57.8 Å². The lowest BCUT2D eigenvalue weighted by molar-refractivity contribution is 0.413. The number of hydrogen-bond acceptors (Lipinski definition) is 8. The Bertz CT molecular complexity index is 931. The van der Waals surface area contributed by atoms with Crippen LogP contribution in [-0.4, -0.2) is 51.4 Å². The number of isocyanates is 2. The van der Waals surface area contributed by atoms with Crippen LogP contribution in [0, 0.1) is 0 Å². The minimum absolute atomic E-state index is 0.234. The van der Waals surface area contributed by atoms with Crippen molar-refractivity contribution in [3.63, 3.8) is 0 Å². The second-order valence-corrected chi connectivity index (χ2v) is 8.53. The lowest BCUT2D eigenvalue weighted by Crippen LogP contribution is -2.54. The van der Waals surface area contributed by atoms with Gasteiger partial charge in [0, 0.05) is 26.2 Å². The zero-order chi connectivity index (χ0) is 26.4. The summed E-state index contributed by atoms with van der Waals surface area (Å²) in [5.74, 6) is 2.50. The van der Waals surface area contributed by atoms with Crippen LogP contribution in [0.3, 0.4) is 0 Å². The molecule has 198 valence electrons. The summed E-state index contributed by atoms with van der Waals surface area (Å²) in [7, 11) is 0. The first-order valence-electron chi connectivity index (χ1n) is 12.8. The van der Waals surface area contributed by atoms with Crippen LogP contribution in [0.5, 0.6) is 0 Å². The topological polar surface area (TPSA) is 137 Å². The highest BCUT2D eigenvalue weighted by Crippen LogP contribution is 2.03. The number of aliphatic imine (C=N–C) groups is 3. The first kappa shape index (κ1) is 30.7. The zero-order valence-corrected chi connectivity index (χ0v) is 21.2. The van der Waals surface area contributed by atoms with Crippen LogP contribution in [0.4, 0.5) is 0 Å². The number of hydrogen-bond donors (Lipinski definition) is 0. The second-order valence-electron chi connectivity index (χ2n) is 8.53. The third kappa shape index (κ3) is 11.8. The lowest BCUT2D eigenvalue weighted by atomic mass is 10.2. The Morgan fingerprint density at radius 2 is 0.806 bits per heavy atom. The average molecular weight is 503 g/mol. The van der Waals surface area contributed by atoms with Crippen molar-refractivity contribution in [1.29, 1.82) is 0 Å². The molecule has 1 aromatic rings. The molecule has 0 saturated heterocycles. The second kappa shape index (κ2) is 19.9. The van der Waals surface area contributed by atoms with E-state index < -0.39 is 17.1 Å². The fourth-order valence-electron chi connectivity index (χ4n) is 3.87. The molecule has 0 aliphatic heterocycles. The molecule has 1 rings (SSSR count). The summed E-state index contributed by atoms with van der Waals surface area (Å²) in [5, 5.41) is 0. The summed E-state index contributed by atoms with van der Waals surface area (Å²) in [6.07, 6.45) is 12.2. The van der Waals surface area contributed by atoms with E-state index in [9.17, 15) is 24.0 Å². The predicted molar refractivity (Wildman–Crippen MR) is 139 cm³/mol. The third-order valence-electron chi connectivity index (χ3n) is 5.83. The molecule has 0 aromatic carbocycles. The van der Waals surface area contributed by atoms with Crippen molar-refractivity contribution in [2.45, 2.75) is 96.7 Å². The molecule has 0 saturated carbocycles. The number of carbonyl (C=O) groups excluding carboxylic acids is 2. The molecule has 0 bridgehead atoms. The van der Waals surface area contributed by atoms with Gasteiger partial charge in [-0.1, -0.05) is 38.5 Å². The quantitative estimate of drug-likeness (QED) is 0.144. The highest BCUT2D eigenvalue weighted by molar-refractivity contribution is 5.46. The number of aromatic nitrogens is 3. The highest BCUT2D eigenvalue weighted by Gasteiger charge is 2.15. The standard InChI is InChI=1S/C25H38N6O5/c1-2-26-15-9-3-6-12-18-29-23(34)30(19-13-7-4-10-16-27-21-32)25(36)31(24(29)35)20-14-8-5-11-17-28-22-33/h1,3-20H2. The smallest absolute Gasteiger partial charge is 0.247 e. The van der Waals surface area contributed by atoms with Crippen molar-refractivity contribution in [3.8, 4) is 0 Å². The van der Waals surface area contributed by atoms with Gasteiger partial charge in [-0.2, -0.15) is 0 Å². The molecule has 0 atom stereocenters. The maximum atomic E-state index is 13.0. The number of rotatable bonds is 21. The molecule has 0 radical (unpaired) electrons. The highest BCUT2D eigenvalue weighted by atomic mass is 16.2. The molecule has 1 aromatic heterocycles. The van der Waals surface area contributed by atoms with Gasteiger partial charge in [-0.05, 0) is 51.0 Å². The van der Waals surface area contributed by atoms with Crippen LogP contribution in [0.1, 0.15) is 77.0 Å². The first-order chi connectivity index (χ1) is 17.6. The maximum Gasteiger partial charge on any atom is 0.336 e. The zero-order valence-electron chi connectivity index (χ0n) is 21.2. The van der Waals surface area contributed by atoms with Gasteiger partial charge in [0.05, 0.1) is 13.1 Å². The van der Waals surface area contributed by atoms with Gasteiger partial charge < -0.3 is 0 Å². The van der Waals surface area contributed by atoms with Gasteiger partial charge in [-0.15, -0.1) is 0 Å². The molecule has 0 unspecified atom stereocenters. The molecule has 36 heavy (non-hydrogen) atoms. The molecule has 0 amide bonds. The van der Waals surface area contributed by atoms with E-state index in [1.54, 1.807) is 0 Å². The Hall–Kier alpha value is -3.38. The summed E-state index contributed by atoms with van der Waals surface area (Å²) in [6, 6.07) is 0. The monoisotopic (exact) mass is 502 g/mol. The molecule has 0 aliphatic rings. The molecule has 11 nitrogen and oxygen atoms in total. The Labute approximate surface area is 211 Å². The Morgan fingerprint density at radius 1 is 0.500 bits per heavy atom. The maximum absolute atomic E-state index is 13.0. The lowest BCUT2D eigenvalue weighted by Gasteiger charge is -2.14. The minimum Gasteiger partial charge on any atom is -0.247 e. The van der Waals surface area contributed by atoms with E-state index in [2.05, 4.69) is 27.4 Å². The van der Waals surface area contributed by atoms with E-state index in [4.69, 9.17) is 0 Å². The molecule has 0 spiro atoms. The van der Waals surface area contributed by atoms with E-state index in [1.807, 2.05) is 0 Å². The molecule has 0 aliphatic carbocycles. The van der Waals surface area contributed by atoms with Crippen molar-refractivity contribution in [1.82, 2.24) is 13.7 Å². The minimum atomic E-state index is -0.570. The Balaban J connectivity index is 2.89. The fraction of sp³-hybridized carbons (Fsp3) is 0.720. The van der Waals surface area contributed by atoms with Gasteiger partial charge in [-0.3, -0.25) is 0 Å². The molecule has 1 heterocycles. The van der Waals surface area contributed by atoms with Crippen LogP contribution >= 0.6 is 0 Å². The van der Waals surface area contributed by atoms with E-state index in [-0.39, 0.29) is 19.6 Å². The van der Waals surface area contributed by atoms with Crippen molar-refractivity contribution in [2.24, 2.45) is 15.0 Å². The summed E-state index contributed by atoms with van der Waals surface area (Å²) in [6.45, 7) is 5.66. The summed E-state index contributed by atoms with van der Waals surface area (Å²) < 4.78 is 3.52. The number of nitrogens with zero attached hydrogens (tertiary/aromatic N) is 6. The van der Waals surface area contributed by atoms with Crippen LogP contribution in [0.25, 0.3) is 0 Å². The molecule has 11 heteroatoms. The summed E-state index contributed by atoms with van der Waals surface area (Å²) in [5.41, 5.74) is -1.69. The van der Waals surface area contributed by atoms with Crippen LogP contribution in [-0.2, 0) is 29.2 Å². The van der Waals surface area contributed by atoms with Crippen molar-refractivity contribution in [2.75, 3.05) is 19.6 Å². The first-order valence-corrected chi connectivity index (χ1v) is 12.8. The van der Waals surface area contributed by atoms with Crippen molar-refractivity contribution < 1.29 is 9.59 Å². The average Bonchev–Trinajstić information content (AvgIpc) is 2.87. The normalized spacial score (nSPS) is 10.3. The van der Waals surface area contributed by atoms with E-state index in [0.29, 0.717) is 38.9 Å². The van der Waals surface area contributed by atoms with E-state index >= 15 is 0 Å². The SMILES string of the molecule is C=C=NCCCCCCn1c(=O)n(CCCCCCN=C=O)c(=O)n(CCCCCCN=C=O)c1=O. The van der Waals surface area contributed by atoms with Gasteiger partial charge in [0.2, 0.25) is 12.2 Å².